The van der Waals surface area contributed by atoms with Crippen molar-refractivity contribution in [3.63, 3.8) is 0 Å². The van der Waals surface area contributed by atoms with Crippen LogP contribution in [0.3, 0.4) is 0 Å². The maximum atomic E-state index is 11.0. The molecular formula is C14H14N2O4. The molecular weight excluding hydrogens is 260 g/mol. The average molecular weight is 274 g/mol. The average Bonchev–Trinajstić information content (AvgIpc) is 2.72. The van der Waals surface area contributed by atoms with Crippen molar-refractivity contribution in [2.24, 2.45) is 0 Å². The van der Waals surface area contributed by atoms with E-state index in [1.165, 1.54) is 19.2 Å². The van der Waals surface area contributed by atoms with Crippen molar-refractivity contribution < 1.29 is 14.5 Å². The molecule has 0 saturated heterocycles. The highest BCUT2D eigenvalue weighted by atomic mass is 16.6. The van der Waals surface area contributed by atoms with Gasteiger partial charge < -0.3 is 9.30 Å². The van der Waals surface area contributed by atoms with Gasteiger partial charge in [-0.2, -0.15) is 0 Å². The summed E-state index contributed by atoms with van der Waals surface area (Å²) in [6.45, 7) is 3.62. The Morgan fingerprint density at radius 1 is 1.30 bits per heavy atom. The van der Waals surface area contributed by atoms with Crippen LogP contribution in [-0.4, -0.2) is 22.9 Å². The second-order valence-corrected chi connectivity index (χ2v) is 4.39. The van der Waals surface area contributed by atoms with E-state index in [2.05, 4.69) is 0 Å². The number of hydrogen-bond donors (Lipinski definition) is 0. The van der Waals surface area contributed by atoms with E-state index in [-0.39, 0.29) is 5.69 Å². The number of non-ortho nitro benzene ring substituents is 1. The number of nitrogens with zero attached hydrogens (tertiary/aromatic N) is 2. The Hall–Kier alpha value is -2.63. The first-order chi connectivity index (χ1) is 9.49. The van der Waals surface area contributed by atoms with E-state index in [9.17, 15) is 14.9 Å². The lowest BCUT2D eigenvalue weighted by molar-refractivity contribution is -0.384. The molecule has 0 N–H and O–H groups in total. The highest BCUT2D eigenvalue weighted by molar-refractivity contribution is 5.78. The summed E-state index contributed by atoms with van der Waals surface area (Å²) < 4.78 is 7.03. The Bertz CT molecular complexity index is 689. The van der Waals surface area contributed by atoms with Crippen molar-refractivity contribution in [1.82, 2.24) is 4.57 Å². The molecule has 0 spiro atoms. The zero-order valence-electron chi connectivity index (χ0n) is 11.4. The zero-order chi connectivity index (χ0) is 14.9. The Balaban J connectivity index is 2.73. The molecule has 1 aromatic carbocycles. The molecule has 0 aliphatic carbocycles. The summed E-state index contributed by atoms with van der Waals surface area (Å²) in [6.07, 6.45) is 0.767. The van der Waals surface area contributed by atoms with E-state index in [1.54, 1.807) is 23.6 Å². The van der Waals surface area contributed by atoms with Crippen LogP contribution in [0.4, 0.5) is 5.69 Å². The van der Waals surface area contributed by atoms with Gasteiger partial charge in [0.25, 0.3) is 5.69 Å². The number of hydrogen-bond acceptors (Lipinski definition) is 4. The predicted octanol–water partition coefficient (Wildman–Crippen LogP) is 2.82. The largest absolute Gasteiger partial charge is 0.495 e. The molecule has 0 aliphatic heterocycles. The van der Waals surface area contributed by atoms with Crippen LogP contribution in [0.1, 0.15) is 21.7 Å². The van der Waals surface area contributed by atoms with E-state index >= 15 is 0 Å². The molecule has 0 radical (unpaired) electrons. The van der Waals surface area contributed by atoms with Gasteiger partial charge in [0.1, 0.15) is 5.75 Å². The van der Waals surface area contributed by atoms with E-state index < -0.39 is 4.92 Å². The molecule has 1 heterocycles. The molecule has 0 aliphatic rings. The van der Waals surface area contributed by atoms with Crippen LogP contribution in [0.25, 0.3) is 5.69 Å². The number of carbonyl (C=O) groups is 1. The number of carbonyl (C=O) groups excluding carboxylic acids is 1. The van der Waals surface area contributed by atoms with Gasteiger partial charge in [-0.15, -0.1) is 0 Å². The third kappa shape index (κ3) is 2.16. The number of aromatic nitrogens is 1. The lowest BCUT2D eigenvalue weighted by atomic mass is 10.2. The number of aldehydes is 1. The molecule has 2 aromatic rings. The van der Waals surface area contributed by atoms with Crippen molar-refractivity contribution >= 4 is 12.0 Å². The fraction of sp³-hybridized carbons (Fsp3) is 0.214. The molecule has 0 bridgehead atoms. The van der Waals surface area contributed by atoms with Crippen LogP contribution in [0.5, 0.6) is 5.75 Å². The van der Waals surface area contributed by atoms with E-state index in [1.807, 2.05) is 6.92 Å². The molecule has 6 heteroatoms. The lowest BCUT2D eigenvalue weighted by Crippen LogP contribution is -2.03. The van der Waals surface area contributed by atoms with Gasteiger partial charge in [0.05, 0.1) is 17.7 Å². The molecule has 0 atom stereocenters. The Labute approximate surface area is 115 Å². The SMILES string of the molecule is COc1ccc([N+](=O)[O-])cc1-n1c(C)cc(C=O)c1C. The first-order valence-electron chi connectivity index (χ1n) is 5.96. The van der Waals surface area contributed by atoms with Gasteiger partial charge in [-0.05, 0) is 26.0 Å². The maximum Gasteiger partial charge on any atom is 0.271 e. The van der Waals surface area contributed by atoms with Crippen molar-refractivity contribution in [1.29, 1.82) is 0 Å². The molecule has 0 fully saturated rings. The molecule has 104 valence electrons. The molecule has 0 amide bonds. The van der Waals surface area contributed by atoms with Crippen molar-refractivity contribution in [2.45, 2.75) is 13.8 Å². The number of rotatable bonds is 4. The van der Waals surface area contributed by atoms with Gasteiger partial charge >= 0.3 is 0 Å². The van der Waals surface area contributed by atoms with Crippen molar-refractivity contribution in [3.8, 4) is 11.4 Å². The maximum absolute atomic E-state index is 11.0. The summed E-state index contributed by atoms with van der Waals surface area (Å²) in [5, 5.41) is 10.9. The second-order valence-electron chi connectivity index (χ2n) is 4.39. The van der Waals surface area contributed by atoms with Crippen molar-refractivity contribution in [3.05, 3.63) is 51.3 Å². The monoisotopic (exact) mass is 274 g/mol. The fourth-order valence-corrected chi connectivity index (χ4v) is 2.24. The smallest absolute Gasteiger partial charge is 0.271 e. The Morgan fingerprint density at radius 2 is 2.00 bits per heavy atom. The summed E-state index contributed by atoms with van der Waals surface area (Å²) in [7, 11) is 1.50. The number of methoxy groups -OCH3 is 1. The first kappa shape index (κ1) is 13.8. The van der Waals surface area contributed by atoms with Gasteiger partial charge in [0, 0.05) is 29.1 Å². The summed E-state index contributed by atoms with van der Waals surface area (Å²) in [6, 6.07) is 6.11. The van der Waals surface area contributed by atoms with Crippen LogP contribution in [0.15, 0.2) is 24.3 Å². The van der Waals surface area contributed by atoms with Gasteiger partial charge in [0.2, 0.25) is 0 Å². The minimum absolute atomic E-state index is 0.0269. The summed E-state index contributed by atoms with van der Waals surface area (Å²) >= 11 is 0. The molecule has 0 unspecified atom stereocenters. The van der Waals surface area contributed by atoms with Gasteiger partial charge in [-0.25, -0.2) is 0 Å². The topological polar surface area (TPSA) is 74.4 Å². The highest BCUT2D eigenvalue weighted by Gasteiger charge is 2.17. The normalized spacial score (nSPS) is 10.3. The fourth-order valence-electron chi connectivity index (χ4n) is 2.24. The molecule has 2 rings (SSSR count). The quantitative estimate of drug-likeness (QED) is 0.488. The summed E-state index contributed by atoms with van der Waals surface area (Å²) in [4.78, 5) is 21.5. The van der Waals surface area contributed by atoms with E-state index in [0.29, 0.717) is 17.0 Å². The minimum Gasteiger partial charge on any atom is -0.495 e. The molecule has 20 heavy (non-hydrogen) atoms. The third-order valence-corrected chi connectivity index (χ3v) is 3.21. The van der Waals surface area contributed by atoms with Crippen molar-refractivity contribution in [2.75, 3.05) is 7.11 Å². The number of ether oxygens (including phenoxy) is 1. The van der Waals surface area contributed by atoms with Gasteiger partial charge in [0.15, 0.2) is 6.29 Å². The third-order valence-electron chi connectivity index (χ3n) is 3.21. The number of nitro benzene ring substituents is 1. The molecule has 6 nitrogen and oxygen atoms in total. The number of benzene rings is 1. The first-order valence-corrected chi connectivity index (χ1v) is 5.96. The van der Waals surface area contributed by atoms with E-state index in [4.69, 9.17) is 4.74 Å². The lowest BCUT2D eigenvalue weighted by Gasteiger charge is -2.13. The van der Waals surface area contributed by atoms with Crippen LogP contribution >= 0.6 is 0 Å². The second kappa shape index (κ2) is 5.16. The van der Waals surface area contributed by atoms with Crippen LogP contribution in [0, 0.1) is 24.0 Å². The van der Waals surface area contributed by atoms with Crippen LogP contribution < -0.4 is 4.74 Å². The van der Waals surface area contributed by atoms with Gasteiger partial charge in [-0.3, -0.25) is 14.9 Å². The van der Waals surface area contributed by atoms with Gasteiger partial charge in [-0.1, -0.05) is 0 Å². The number of aryl methyl sites for hydroxylation is 1. The Kier molecular flexibility index (Phi) is 3.56. The zero-order valence-corrected chi connectivity index (χ0v) is 11.4. The standard InChI is InChI=1S/C14H14N2O4/c1-9-6-11(8-17)10(2)15(9)13-7-12(16(18)19)4-5-14(13)20-3/h4-8H,1-3H3. The molecule has 0 saturated carbocycles. The highest BCUT2D eigenvalue weighted by Crippen LogP contribution is 2.31. The minimum atomic E-state index is -0.461. The van der Waals surface area contributed by atoms with Crippen LogP contribution in [0.2, 0.25) is 0 Å². The van der Waals surface area contributed by atoms with E-state index in [0.717, 1.165) is 17.7 Å². The summed E-state index contributed by atoms with van der Waals surface area (Å²) in [5.74, 6) is 0.509. The predicted molar refractivity (Wildman–Crippen MR) is 73.8 cm³/mol. The molecule has 1 aromatic heterocycles. The van der Waals surface area contributed by atoms with Crippen LogP contribution in [-0.2, 0) is 0 Å². The number of nitro groups is 1. The summed E-state index contributed by atoms with van der Waals surface area (Å²) in [5.41, 5.74) is 2.60. The Morgan fingerprint density at radius 3 is 2.50 bits per heavy atom.